The molecule has 0 fully saturated rings. The first kappa shape index (κ1) is 16.3. The number of aromatic nitrogens is 2. The number of halogens is 1. The summed E-state index contributed by atoms with van der Waals surface area (Å²) in [6.45, 7) is 0. The standard InChI is InChI=1S/C14H12ClN3O5S/c1-21-11-7-12(22-2)10(6-8(11)15)18-24(19,20)13-5-3-4-9-14(13)17-23-16-9/h3-7,18H,1-2H3. The summed E-state index contributed by atoms with van der Waals surface area (Å²) >= 11 is 6.06. The molecule has 1 heterocycles. The molecule has 0 atom stereocenters. The predicted molar refractivity (Wildman–Crippen MR) is 87.2 cm³/mol. The second kappa shape index (κ2) is 6.17. The Morgan fingerprint density at radius 1 is 1.12 bits per heavy atom. The van der Waals surface area contributed by atoms with Crippen molar-refractivity contribution in [2.45, 2.75) is 4.90 Å². The molecule has 2 aromatic carbocycles. The number of methoxy groups -OCH3 is 2. The number of benzene rings is 2. The molecular weight excluding hydrogens is 358 g/mol. The fourth-order valence-corrected chi connectivity index (χ4v) is 3.59. The maximum Gasteiger partial charge on any atom is 0.264 e. The first-order valence-corrected chi connectivity index (χ1v) is 8.48. The number of hydrogen-bond donors (Lipinski definition) is 1. The third-order valence-electron chi connectivity index (χ3n) is 3.26. The quantitative estimate of drug-likeness (QED) is 0.737. The minimum absolute atomic E-state index is 0.0738. The van der Waals surface area contributed by atoms with Gasteiger partial charge in [0.05, 0.1) is 24.9 Å². The van der Waals surface area contributed by atoms with Gasteiger partial charge in [0.25, 0.3) is 10.0 Å². The van der Waals surface area contributed by atoms with Gasteiger partial charge in [-0.3, -0.25) is 4.72 Å². The normalized spacial score (nSPS) is 11.5. The lowest BCUT2D eigenvalue weighted by Gasteiger charge is -2.14. The number of anilines is 1. The topological polar surface area (TPSA) is 104 Å². The molecule has 0 saturated carbocycles. The van der Waals surface area contributed by atoms with Crippen molar-refractivity contribution in [2.24, 2.45) is 0 Å². The van der Waals surface area contributed by atoms with E-state index in [2.05, 4.69) is 19.7 Å². The van der Waals surface area contributed by atoms with Crippen LogP contribution in [-0.2, 0) is 10.0 Å². The molecular formula is C14H12ClN3O5S. The van der Waals surface area contributed by atoms with Crippen LogP contribution in [0.3, 0.4) is 0 Å². The highest BCUT2D eigenvalue weighted by molar-refractivity contribution is 7.93. The molecule has 0 spiro atoms. The van der Waals surface area contributed by atoms with Crippen LogP contribution in [0.2, 0.25) is 5.02 Å². The van der Waals surface area contributed by atoms with Crippen LogP contribution >= 0.6 is 11.6 Å². The minimum Gasteiger partial charge on any atom is -0.495 e. The lowest BCUT2D eigenvalue weighted by Crippen LogP contribution is -2.14. The summed E-state index contributed by atoms with van der Waals surface area (Å²) in [5.41, 5.74) is 0.623. The second-order valence-corrected chi connectivity index (χ2v) is 6.74. The molecule has 0 unspecified atom stereocenters. The van der Waals surface area contributed by atoms with Crippen molar-refractivity contribution in [3.63, 3.8) is 0 Å². The number of nitrogens with zero attached hydrogens (tertiary/aromatic N) is 2. The van der Waals surface area contributed by atoms with Crippen LogP contribution in [0.15, 0.2) is 39.9 Å². The molecule has 0 amide bonds. The van der Waals surface area contributed by atoms with Crippen LogP contribution in [0.25, 0.3) is 11.0 Å². The van der Waals surface area contributed by atoms with Crippen LogP contribution in [-0.4, -0.2) is 33.0 Å². The molecule has 10 heteroatoms. The van der Waals surface area contributed by atoms with E-state index in [9.17, 15) is 8.42 Å². The molecule has 0 radical (unpaired) electrons. The molecule has 3 aromatic rings. The summed E-state index contributed by atoms with van der Waals surface area (Å²) in [6, 6.07) is 7.41. The molecule has 8 nitrogen and oxygen atoms in total. The highest BCUT2D eigenvalue weighted by Crippen LogP contribution is 2.37. The molecule has 24 heavy (non-hydrogen) atoms. The highest BCUT2D eigenvalue weighted by Gasteiger charge is 2.22. The Labute approximate surface area is 142 Å². The third kappa shape index (κ3) is 2.83. The zero-order valence-electron chi connectivity index (χ0n) is 12.6. The van der Waals surface area contributed by atoms with Gasteiger partial charge in [-0.1, -0.05) is 17.7 Å². The molecule has 0 aliphatic carbocycles. The van der Waals surface area contributed by atoms with E-state index in [4.69, 9.17) is 21.1 Å². The van der Waals surface area contributed by atoms with Gasteiger partial charge in [-0.2, -0.15) is 0 Å². The van der Waals surface area contributed by atoms with Gasteiger partial charge >= 0.3 is 0 Å². The van der Waals surface area contributed by atoms with Crippen LogP contribution in [0.5, 0.6) is 11.5 Å². The van der Waals surface area contributed by atoms with Crippen molar-refractivity contribution in [2.75, 3.05) is 18.9 Å². The van der Waals surface area contributed by atoms with E-state index in [0.717, 1.165) is 0 Å². The van der Waals surface area contributed by atoms with E-state index in [0.29, 0.717) is 11.3 Å². The first-order valence-electron chi connectivity index (χ1n) is 6.62. The fourth-order valence-electron chi connectivity index (χ4n) is 2.14. The summed E-state index contributed by atoms with van der Waals surface area (Å²) in [5, 5.41) is 7.49. The van der Waals surface area contributed by atoms with Crippen molar-refractivity contribution in [1.82, 2.24) is 10.3 Å². The lowest BCUT2D eigenvalue weighted by molar-refractivity contribution is 0.315. The van der Waals surface area contributed by atoms with Crippen LogP contribution in [0, 0.1) is 0 Å². The van der Waals surface area contributed by atoms with Crippen molar-refractivity contribution in [3.8, 4) is 11.5 Å². The number of ether oxygens (including phenoxy) is 2. The first-order chi connectivity index (χ1) is 11.5. The predicted octanol–water partition coefficient (Wildman–Crippen LogP) is 2.69. The molecule has 0 aliphatic rings. The summed E-state index contributed by atoms with van der Waals surface area (Å²) in [5.74, 6) is 0.615. The Morgan fingerprint density at radius 3 is 2.58 bits per heavy atom. The summed E-state index contributed by atoms with van der Waals surface area (Å²) in [6.07, 6.45) is 0. The van der Waals surface area contributed by atoms with Gasteiger partial charge in [-0.05, 0) is 28.5 Å². The van der Waals surface area contributed by atoms with E-state index in [1.54, 1.807) is 12.1 Å². The van der Waals surface area contributed by atoms with E-state index in [-0.39, 0.29) is 26.9 Å². The van der Waals surface area contributed by atoms with Crippen molar-refractivity contribution in [1.29, 1.82) is 0 Å². The monoisotopic (exact) mass is 369 g/mol. The summed E-state index contributed by atoms with van der Waals surface area (Å²) in [7, 11) is -1.12. The maximum absolute atomic E-state index is 12.7. The highest BCUT2D eigenvalue weighted by atomic mass is 35.5. The molecule has 0 saturated heterocycles. The van der Waals surface area contributed by atoms with Gasteiger partial charge in [-0.15, -0.1) is 0 Å². The largest absolute Gasteiger partial charge is 0.495 e. The number of nitrogens with one attached hydrogen (secondary N) is 1. The summed E-state index contributed by atoms with van der Waals surface area (Å²) in [4.78, 5) is -0.0738. The number of sulfonamides is 1. The SMILES string of the molecule is COc1cc(OC)c(NS(=O)(=O)c2cccc3nonc23)cc1Cl. The Morgan fingerprint density at radius 2 is 1.88 bits per heavy atom. The Hall–Kier alpha value is -2.52. The van der Waals surface area contributed by atoms with E-state index in [1.807, 2.05) is 0 Å². The fraction of sp³-hybridized carbons (Fsp3) is 0.143. The number of rotatable bonds is 5. The van der Waals surface area contributed by atoms with Gasteiger partial charge in [0.1, 0.15) is 21.9 Å². The second-order valence-electron chi connectivity index (χ2n) is 4.68. The number of hydrogen-bond acceptors (Lipinski definition) is 7. The Kier molecular flexibility index (Phi) is 4.20. The Balaban J connectivity index is 2.07. The van der Waals surface area contributed by atoms with Crippen molar-refractivity contribution < 1.29 is 22.5 Å². The van der Waals surface area contributed by atoms with Gasteiger partial charge in [0, 0.05) is 6.07 Å². The maximum atomic E-state index is 12.7. The van der Waals surface area contributed by atoms with Gasteiger partial charge in [0.15, 0.2) is 5.52 Å². The average Bonchev–Trinajstić information content (AvgIpc) is 3.03. The van der Waals surface area contributed by atoms with E-state index < -0.39 is 10.0 Å². The average molecular weight is 370 g/mol. The van der Waals surface area contributed by atoms with E-state index in [1.165, 1.54) is 32.4 Å². The van der Waals surface area contributed by atoms with Crippen LogP contribution < -0.4 is 14.2 Å². The van der Waals surface area contributed by atoms with E-state index >= 15 is 0 Å². The zero-order valence-corrected chi connectivity index (χ0v) is 14.2. The van der Waals surface area contributed by atoms with Crippen molar-refractivity contribution >= 4 is 38.3 Å². The van der Waals surface area contributed by atoms with Gasteiger partial charge in [-0.25, -0.2) is 13.0 Å². The minimum atomic E-state index is -3.97. The molecule has 126 valence electrons. The smallest absolute Gasteiger partial charge is 0.264 e. The third-order valence-corrected chi connectivity index (χ3v) is 4.95. The van der Waals surface area contributed by atoms with Gasteiger partial charge < -0.3 is 9.47 Å². The van der Waals surface area contributed by atoms with Crippen LogP contribution in [0.4, 0.5) is 5.69 Å². The lowest BCUT2D eigenvalue weighted by atomic mass is 10.3. The Bertz CT molecular complexity index is 1000. The molecule has 1 N–H and O–H groups in total. The van der Waals surface area contributed by atoms with Crippen LogP contribution in [0.1, 0.15) is 0 Å². The number of fused-ring (bicyclic) bond motifs is 1. The molecule has 3 rings (SSSR count). The summed E-state index contributed by atoms with van der Waals surface area (Å²) < 4.78 is 42.7. The van der Waals surface area contributed by atoms with Crippen molar-refractivity contribution in [3.05, 3.63) is 35.4 Å². The molecule has 1 aromatic heterocycles. The molecule has 0 aliphatic heterocycles. The zero-order chi connectivity index (χ0) is 17.3. The molecule has 0 bridgehead atoms. The van der Waals surface area contributed by atoms with Gasteiger partial charge in [0.2, 0.25) is 0 Å².